The van der Waals surface area contributed by atoms with E-state index in [0.29, 0.717) is 17.0 Å². The van der Waals surface area contributed by atoms with E-state index in [-0.39, 0.29) is 4.90 Å². The van der Waals surface area contributed by atoms with Crippen LogP contribution in [0.5, 0.6) is 0 Å². The molecule has 1 N–H and O–H groups in total. The molecule has 2 aromatic rings. The van der Waals surface area contributed by atoms with Gasteiger partial charge in [0, 0.05) is 5.02 Å². The minimum Gasteiger partial charge on any atom is -0.338 e. The molecule has 4 nitrogen and oxygen atoms in total. The summed E-state index contributed by atoms with van der Waals surface area (Å²) in [7, 11) is -3.75. The molecular weight excluding hydrogens is 310 g/mol. The van der Waals surface area contributed by atoms with E-state index in [1.165, 1.54) is 24.3 Å². The van der Waals surface area contributed by atoms with Crippen molar-refractivity contribution in [3.63, 3.8) is 0 Å². The van der Waals surface area contributed by atoms with Crippen LogP contribution >= 0.6 is 11.6 Å². The number of rotatable bonds is 5. The van der Waals surface area contributed by atoms with E-state index in [1.807, 2.05) is 6.92 Å². The first-order valence-electron chi connectivity index (χ1n) is 6.21. The topological polar surface area (TPSA) is 63.2 Å². The molecule has 110 valence electrons. The summed E-state index contributed by atoms with van der Waals surface area (Å²) in [5, 5.41) is 1.69. The van der Waals surface area contributed by atoms with Crippen molar-refractivity contribution in [2.24, 2.45) is 0 Å². The lowest BCUT2D eigenvalue weighted by Crippen LogP contribution is -2.27. The Morgan fingerprint density at radius 2 is 1.62 bits per heavy atom. The van der Waals surface area contributed by atoms with Crippen molar-refractivity contribution in [2.45, 2.75) is 17.2 Å². The van der Waals surface area contributed by atoms with Crippen LogP contribution in [-0.4, -0.2) is 14.8 Å². The second-order valence-electron chi connectivity index (χ2n) is 4.57. The Kier molecular flexibility index (Phi) is 4.65. The highest BCUT2D eigenvalue weighted by Crippen LogP contribution is 2.27. The van der Waals surface area contributed by atoms with E-state index in [1.54, 1.807) is 24.3 Å². The third-order valence-electron chi connectivity index (χ3n) is 3.05. The van der Waals surface area contributed by atoms with Crippen LogP contribution < -0.4 is 5.32 Å². The van der Waals surface area contributed by atoms with Crippen molar-refractivity contribution in [3.8, 4) is 0 Å². The highest BCUT2D eigenvalue weighted by Gasteiger charge is 2.28. The summed E-state index contributed by atoms with van der Waals surface area (Å²) < 4.78 is 25.3. The summed E-state index contributed by atoms with van der Waals surface area (Å²) in [5.41, 5.74) is 1.51. The smallest absolute Gasteiger partial charge is 0.208 e. The number of halogens is 1. The largest absolute Gasteiger partial charge is 0.338 e. The van der Waals surface area contributed by atoms with Gasteiger partial charge in [-0.15, -0.1) is 0 Å². The molecule has 0 fully saturated rings. The molecule has 0 aliphatic rings. The summed E-state index contributed by atoms with van der Waals surface area (Å²) in [6.07, 6.45) is 0.387. The summed E-state index contributed by atoms with van der Waals surface area (Å²) in [6, 6.07) is 12.8. The van der Waals surface area contributed by atoms with Gasteiger partial charge in [-0.1, -0.05) is 41.4 Å². The van der Waals surface area contributed by atoms with Gasteiger partial charge >= 0.3 is 0 Å². The number of hydrogen-bond acceptors (Lipinski definition) is 3. The van der Waals surface area contributed by atoms with Crippen LogP contribution in [0.15, 0.2) is 53.4 Å². The number of sulfone groups is 1. The third-order valence-corrected chi connectivity index (χ3v) is 5.26. The van der Waals surface area contributed by atoms with Crippen molar-refractivity contribution in [1.82, 2.24) is 5.32 Å². The van der Waals surface area contributed by atoms with Gasteiger partial charge in [-0.3, -0.25) is 4.79 Å². The minimum atomic E-state index is -3.75. The number of aryl methyl sites for hydroxylation is 1. The zero-order valence-electron chi connectivity index (χ0n) is 11.3. The molecule has 21 heavy (non-hydrogen) atoms. The molecule has 0 spiro atoms. The van der Waals surface area contributed by atoms with Crippen molar-refractivity contribution < 1.29 is 13.2 Å². The van der Waals surface area contributed by atoms with Gasteiger partial charge in [0.15, 0.2) is 5.37 Å². The van der Waals surface area contributed by atoms with E-state index >= 15 is 0 Å². The molecule has 1 unspecified atom stereocenters. The molecule has 0 aliphatic carbocycles. The monoisotopic (exact) mass is 323 g/mol. The predicted molar refractivity (Wildman–Crippen MR) is 81.8 cm³/mol. The number of carbonyl (C=O) groups is 1. The third kappa shape index (κ3) is 3.43. The molecule has 0 bridgehead atoms. The number of amides is 1. The second kappa shape index (κ2) is 6.28. The zero-order valence-corrected chi connectivity index (χ0v) is 12.9. The van der Waals surface area contributed by atoms with Crippen LogP contribution in [0.3, 0.4) is 0 Å². The van der Waals surface area contributed by atoms with Crippen LogP contribution in [0, 0.1) is 6.92 Å². The Hall–Kier alpha value is -1.85. The number of nitrogens with one attached hydrogen (secondary N) is 1. The van der Waals surface area contributed by atoms with Gasteiger partial charge in [0.1, 0.15) is 0 Å². The quantitative estimate of drug-likeness (QED) is 0.861. The Morgan fingerprint density at radius 1 is 1.05 bits per heavy atom. The molecule has 0 radical (unpaired) electrons. The van der Waals surface area contributed by atoms with Crippen molar-refractivity contribution in [1.29, 1.82) is 0 Å². The molecule has 2 aromatic carbocycles. The summed E-state index contributed by atoms with van der Waals surface area (Å²) >= 11 is 5.77. The van der Waals surface area contributed by atoms with Gasteiger partial charge in [-0.2, -0.15) is 0 Å². The zero-order chi connectivity index (χ0) is 15.5. The molecule has 0 heterocycles. The molecular formula is C15H14ClNO3S. The van der Waals surface area contributed by atoms with E-state index in [4.69, 9.17) is 11.6 Å². The van der Waals surface area contributed by atoms with Crippen molar-refractivity contribution in [2.75, 3.05) is 0 Å². The van der Waals surface area contributed by atoms with E-state index < -0.39 is 15.2 Å². The fourth-order valence-corrected chi connectivity index (χ4v) is 3.59. The highest BCUT2D eigenvalue weighted by molar-refractivity contribution is 7.91. The van der Waals surface area contributed by atoms with Gasteiger partial charge in [0.25, 0.3) is 0 Å². The van der Waals surface area contributed by atoms with E-state index in [9.17, 15) is 13.2 Å². The van der Waals surface area contributed by atoms with Gasteiger partial charge in [-0.05, 0) is 36.8 Å². The lowest BCUT2D eigenvalue weighted by Gasteiger charge is -2.17. The Bertz CT molecular complexity index is 725. The molecule has 1 atom stereocenters. The number of benzene rings is 2. The molecule has 1 amide bonds. The standard InChI is InChI=1S/C15H14ClNO3S/c1-11-2-4-12(5-3-11)15(17-10-18)21(19,20)14-8-6-13(16)7-9-14/h2-10,15H,1H3,(H,17,18). The van der Waals surface area contributed by atoms with Crippen molar-refractivity contribution >= 4 is 27.8 Å². The van der Waals surface area contributed by atoms with Gasteiger partial charge < -0.3 is 5.32 Å². The first kappa shape index (κ1) is 15.5. The Balaban J connectivity index is 2.47. The molecule has 0 saturated carbocycles. The molecule has 0 aliphatic heterocycles. The van der Waals surface area contributed by atoms with E-state index in [2.05, 4.69) is 5.32 Å². The maximum atomic E-state index is 12.7. The minimum absolute atomic E-state index is 0.104. The number of carbonyl (C=O) groups excluding carboxylic acids is 1. The molecule has 0 aromatic heterocycles. The van der Waals surface area contributed by atoms with Gasteiger partial charge in [0.05, 0.1) is 4.90 Å². The normalized spacial score (nSPS) is 12.7. The summed E-state index contributed by atoms with van der Waals surface area (Å²) in [6.45, 7) is 1.90. The van der Waals surface area contributed by atoms with Crippen molar-refractivity contribution in [3.05, 3.63) is 64.7 Å². The lowest BCUT2D eigenvalue weighted by atomic mass is 10.1. The first-order valence-corrected chi connectivity index (χ1v) is 8.13. The fourth-order valence-electron chi connectivity index (χ4n) is 1.93. The maximum Gasteiger partial charge on any atom is 0.208 e. The Labute approximate surface area is 128 Å². The number of hydrogen-bond donors (Lipinski definition) is 1. The van der Waals surface area contributed by atoms with Crippen LogP contribution in [-0.2, 0) is 14.6 Å². The lowest BCUT2D eigenvalue weighted by molar-refractivity contribution is -0.109. The average Bonchev–Trinajstić information content (AvgIpc) is 2.46. The van der Waals surface area contributed by atoms with Gasteiger partial charge in [-0.25, -0.2) is 8.42 Å². The van der Waals surface area contributed by atoms with Crippen LogP contribution in [0.25, 0.3) is 0 Å². The predicted octanol–water partition coefficient (Wildman–Crippen LogP) is 2.87. The molecule has 2 rings (SSSR count). The molecule has 6 heteroatoms. The first-order chi connectivity index (χ1) is 9.95. The average molecular weight is 324 g/mol. The van der Waals surface area contributed by atoms with E-state index in [0.717, 1.165) is 5.56 Å². The van der Waals surface area contributed by atoms with Gasteiger partial charge in [0.2, 0.25) is 16.2 Å². The van der Waals surface area contributed by atoms with Crippen LogP contribution in [0.2, 0.25) is 5.02 Å². The highest BCUT2D eigenvalue weighted by atomic mass is 35.5. The fraction of sp³-hybridized carbons (Fsp3) is 0.133. The van der Waals surface area contributed by atoms with Crippen LogP contribution in [0.1, 0.15) is 16.5 Å². The maximum absolute atomic E-state index is 12.7. The summed E-state index contributed by atoms with van der Waals surface area (Å²) in [5.74, 6) is 0. The second-order valence-corrected chi connectivity index (χ2v) is 7.04. The molecule has 0 saturated heterocycles. The van der Waals surface area contributed by atoms with Crippen LogP contribution in [0.4, 0.5) is 0 Å². The Morgan fingerprint density at radius 3 is 2.14 bits per heavy atom. The SMILES string of the molecule is Cc1ccc(C(NC=O)S(=O)(=O)c2ccc(Cl)cc2)cc1. The summed E-state index contributed by atoms with van der Waals surface area (Å²) in [4.78, 5) is 10.9.